The quantitative estimate of drug-likeness (QED) is 0.775. The van der Waals surface area contributed by atoms with Gasteiger partial charge in [0, 0.05) is 18.0 Å². The van der Waals surface area contributed by atoms with Gasteiger partial charge in [0.25, 0.3) is 0 Å². The Morgan fingerprint density at radius 2 is 2.05 bits per heavy atom. The Bertz CT molecular complexity index is 563. The van der Waals surface area contributed by atoms with E-state index in [0.717, 1.165) is 24.8 Å². The molecule has 1 aromatic rings. The van der Waals surface area contributed by atoms with Crippen LogP contribution in [0.2, 0.25) is 10.0 Å². The molecule has 5 heteroatoms. The Labute approximate surface area is 135 Å². The third kappa shape index (κ3) is 2.56. The van der Waals surface area contributed by atoms with Crippen LogP contribution in [0.25, 0.3) is 0 Å². The number of carbonyl (C=O) groups excluding carboxylic acids is 1. The lowest BCUT2D eigenvalue weighted by Gasteiger charge is -2.41. The zero-order chi connectivity index (χ0) is 15.1. The van der Waals surface area contributed by atoms with Crippen LogP contribution in [0.15, 0.2) is 18.2 Å². The second-order valence-electron chi connectivity index (χ2n) is 6.03. The molecule has 0 saturated carbocycles. The van der Waals surface area contributed by atoms with Gasteiger partial charge < -0.3 is 4.74 Å². The summed E-state index contributed by atoms with van der Waals surface area (Å²) in [6, 6.07) is 6.49. The van der Waals surface area contributed by atoms with Crippen LogP contribution in [-0.2, 0) is 9.53 Å². The molecule has 0 radical (unpaired) electrons. The number of ether oxygens (including phenoxy) is 1. The van der Waals surface area contributed by atoms with E-state index in [0.29, 0.717) is 16.1 Å². The van der Waals surface area contributed by atoms with Crippen LogP contribution in [0.3, 0.4) is 0 Å². The monoisotopic (exact) mass is 327 g/mol. The molecule has 4 atom stereocenters. The van der Waals surface area contributed by atoms with Gasteiger partial charge in [0.1, 0.15) is 0 Å². The largest absolute Gasteiger partial charge is 0.469 e. The number of hydrogen-bond acceptors (Lipinski definition) is 3. The molecule has 2 aliphatic rings. The maximum absolute atomic E-state index is 12.3. The highest BCUT2D eigenvalue weighted by molar-refractivity contribution is 6.42. The second-order valence-corrected chi connectivity index (χ2v) is 6.84. The van der Waals surface area contributed by atoms with Gasteiger partial charge in [-0.05, 0) is 44.0 Å². The minimum Gasteiger partial charge on any atom is -0.469 e. The highest BCUT2D eigenvalue weighted by Gasteiger charge is 2.49. The summed E-state index contributed by atoms with van der Waals surface area (Å²) in [5.41, 5.74) is 1.09. The molecule has 21 heavy (non-hydrogen) atoms. The minimum atomic E-state index is -0.129. The first kappa shape index (κ1) is 15.1. The summed E-state index contributed by atoms with van der Waals surface area (Å²) in [6.45, 7) is 0. The van der Waals surface area contributed by atoms with Crippen molar-refractivity contribution in [2.24, 2.45) is 5.92 Å². The van der Waals surface area contributed by atoms with E-state index in [2.05, 4.69) is 11.9 Å². The van der Waals surface area contributed by atoms with Crippen molar-refractivity contribution < 1.29 is 9.53 Å². The van der Waals surface area contributed by atoms with Gasteiger partial charge in [-0.15, -0.1) is 0 Å². The molecule has 0 aromatic heterocycles. The number of nitrogens with zero attached hydrogens (tertiary/aromatic N) is 1. The molecule has 2 saturated heterocycles. The lowest BCUT2D eigenvalue weighted by atomic mass is 9.76. The lowest BCUT2D eigenvalue weighted by molar-refractivity contribution is -0.150. The summed E-state index contributed by atoms with van der Waals surface area (Å²) >= 11 is 12.2. The van der Waals surface area contributed by atoms with E-state index in [1.54, 1.807) is 0 Å². The van der Waals surface area contributed by atoms with E-state index in [1.807, 2.05) is 18.2 Å². The summed E-state index contributed by atoms with van der Waals surface area (Å²) < 4.78 is 5.07. The van der Waals surface area contributed by atoms with Gasteiger partial charge in [0.15, 0.2) is 0 Å². The number of piperidine rings is 1. The molecule has 0 spiro atoms. The number of fused-ring (bicyclic) bond motifs is 2. The average molecular weight is 328 g/mol. The third-order valence-electron chi connectivity index (χ3n) is 5.11. The van der Waals surface area contributed by atoms with Crippen LogP contribution in [-0.4, -0.2) is 37.1 Å². The first-order valence-corrected chi connectivity index (χ1v) is 8.03. The van der Waals surface area contributed by atoms with Crippen molar-refractivity contribution in [2.45, 2.75) is 37.3 Å². The Morgan fingerprint density at radius 3 is 2.71 bits per heavy atom. The van der Waals surface area contributed by atoms with E-state index < -0.39 is 0 Å². The zero-order valence-electron chi connectivity index (χ0n) is 12.2. The molecule has 2 bridgehead atoms. The first-order chi connectivity index (χ1) is 10.0. The Balaban J connectivity index is 1.98. The predicted molar refractivity (Wildman–Crippen MR) is 83.9 cm³/mol. The van der Waals surface area contributed by atoms with Crippen LogP contribution in [0.1, 0.15) is 30.7 Å². The number of esters is 1. The smallest absolute Gasteiger partial charge is 0.310 e. The number of benzene rings is 1. The maximum atomic E-state index is 12.3. The van der Waals surface area contributed by atoms with Gasteiger partial charge in [0.2, 0.25) is 0 Å². The van der Waals surface area contributed by atoms with Gasteiger partial charge >= 0.3 is 5.97 Å². The maximum Gasteiger partial charge on any atom is 0.310 e. The molecule has 2 fully saturated rings. The zero-order valence-corrected chi connectivity index (χ0v) is 13.7. The van der Waals surface area contributed by atoms with Crippen LogP contribution in [0.4, 0.5) is 0 Å². The molecule has 3 rings (SSSR count). The van der Waals surface area contributed by atoms with E-state index >= 15 is 0 Å². The highest BCUT2D eigenvalue weighted by atomic mass is 35.5. The molecule has 0 N–H and O–H groups in total. The van der Waals surface area contributed by atoms with E-state index in [4.69, 9.17) is 27.9 Å². The molecule has 3 nitrogen and oxygen atoms in total. The normalized spacial score (nSPS) is 32.2. The summed E-state index contributed by atoms with van der Waals surface area (Å²) in [5, 5.41) is 1.09. The van der Waals surface area contributed by atoms with Crippen molar-refractivity contribution in [2.75, 3.05) is 14.2 Å². The van der Waals surface area contributed by atoms with Crippen molar-refractivity contribution in [1.29, 1.82) is 0 Å². The number of carbonyl (C=O) groups is 1. The molecule has 2 aliphatic heterocycles. The molecule has 2 unspecified atom stereocenters. The molecule has 1 aromatic carbocycles. The number of rotatable bonds is 2. The van der Waals surface area contributed by atoms with E-state index in [1.165, 1.54) is 7.11 Å². The SMILES string of the molecule is COC(=O)C1C2CC[C@H](C[C@@H]1c1ccc(Cl)c(Cl)c1)N2C. The van der Waals surface area contributed by atoms with Crippen LogP contribution >= 0.6 is 23.2 Å². The van der Waals surface area contributed by atoms with Gasteiger partial charge in [-0.25, -0.2) is 0 Å². The summed E-state index contributed by atoms with van der Waals surface area (Å²) in [7, 11) is 3.58. The van der Waals surface area contributed by atoms with Crippen molar-refractivity contribution in [3.8, 4) is 0 Å². The molecule has 2 heterocycles. The second kappa shape index (κ2) is 5.79. The van der Waals surface area contributed by atoms with Crippen molar-refractivity contribution in [1.82, 2.24) is 4.90 Å². The van der Waals surface area contributed by atoms with Crippen LogP contribution in [0, 0.1) is 5.92 Å². The molecular formula is C16H19Cl2NO2. The van der Waals surface area contributed by atoms with Gasteiger partial charge in [-0.1, -0.05) is 29.3 Å². The number of halogens is 2. The minimum absolute atomic E-state index is 0.122. The predicted octanol–water partition coefficient (Wildman–Crippen LogP) is 3.73. The summed E-state index contributed by atoms with van der Waals surface area (Å²) in [6.07, 6.45) is 3.16. The molecule has 0 amide bonds. The van der Waals surface area contributed by atoms with E-state index in [9.17, 15) is 4.79 Å². The van der Waals surface area contributed by atoms with Gasteiger partial charge in [-0.3, -0.25) is 9.69 Å². The van der Waals surface area contributed by atoms with E-state index in [-0.39, 0.29) is 23.8 Å². The molecular weight excluding hydrogens is 309 g/mol. The topological polar surface area (TPSA) is 29.5 Å². The fourth-order valence-corrected chi connectivity index (χ4v) is 4.32. The van der Waals surface area contributed by atoms with Gasteiger partial charge in [-0.2, -0.15) is 0 Å². The Kier molecular flexibility index (Phi) is 4.17. The van der Waals surface area contributed by atoms with Crippen LogP contribution in [0.5, 0.6) is 0 Å². The fourth-order valence-electron chi connectivity index (χ4n) is 4.01. The first-order valence-electron chi connectivity index (χ1n) is 7.27. The van der Waals surface area contributed by atoms with Crippen molar-refractivity contribution in [3.63, 3.8) is 0 Å². The molecule has 114 valence electrons. The average Bonchev–Trinajstić information content (AvgIpc) is 2.72. The number of hydrogen-bond donors (Lipinski definition) is 0. The van der Waals surface area contributed by atoms with Gasteiger partial charge in [0.05, 0.1) is 23.1 Å². The molecule has 0 aliphatic carbocycles. The standard InChI is InChI=1S/C16H19Cl2NO2/c1-19-10-4-6-14(19)15(16(20)21-2)11(8-10)9-3-5-12(17)13(18)7-9/h3,5,7,10-11,14-15H,4,6,8H2,1-2H3/t10-,11-,14?,15?/m1/s1. The Morgan fingerprint density at radius 1 is 1.29 bits per heavy atom. The number of methoxy groups -OCH3 is 1. The highest BCUT2D eigenvalue weighted by Crippen LogP contribution is 2.47. The van der Waals surface area contributed by atoms with Crippen molar-refractivity contribution in [3.05, 3.63) is 33.8 Å². The fraction of sp³-hybridized carbons (Fsp3) is 0.562. The third-order valence-corrected chi connectivity index (χ3v) is 5.85. The summed E-state index contributed by atoms with van der Waals surface area (Å²) in [4.78, 5) is 14.7. The lowest BCUT2D eigenvalue weighted by Crippen LogP contribution is -2.49. The van der Waals surface area contributed by atoms with Crippen LogP contribution < -0.4 is 0 Å². The summed E-state index contributed by atoms with van der Waals surface area (Å²) in [5.74, 6) is -0.0971. The Hall–Kier alpha value is -0.770. The van der Waals surface area contributed by atoms with Crippen molar-refractivity contribution >= 4 is 29.2 Å².